The predicted octanol–water partition coefficient (Wildman–Crippen LogP) is 8.84. The Morgan fingerprint density at radius 2 is 1.78 bits per heavy atom. The van der Waals surface area contributed by atoms with Crippen molar-refractivity contribution in [2.45, 2.75) is 87.1 Å². The van der Waals surface area contributed by atoms with Crippen LogP contribution in [0.25, 0.3) is 10.8 Å². The van der Waals surface area contributed by atoms with Crippen LogP contribution in [0.5, 0.6) is 0 Å². The molecule has 4 nitrogen and oxygen atoms in total. The summed E-state index contributed by atoms with van der Waals surface area (Å²) in [4.78, 5) is 7.46. The topological polar surface area (TPSA) is 36.9 Å². The summed E-state index contributed by atoms with van der Waals surface area (Å²) in [6.45, 7) is 19.5. The van der Waals surface area contributed by atoms with E-state index in [1.165, 1.54) is 41.6 Å². The summed E-state index contributed by atoms with van der Waals surface area (Å²) in [7, 11) is 0. The van der Waals surface area contributed by atoms with Crippen molar-refractivity contribution >= 4 is 34.1 Å². The molecule has 1 N–H and O–H groups in total. The Hall–Kier alpha value is -2.20. The van der Waals surface area contributed by atoms with Crippen LogP contribution in [-0.4, -0.2) is 31.8 Å². The highest BCUT2D eigenvalue weighted by molar-refractivity contribution is 6.36. The van der Waals surface area contributed by atoms with Crippen molar-refractivity contribution in [1.29, 1.82) is 0 Å². The largest absolute Gasteiger partial charge is 0.465 e. The molecule has 1 fully saturated rings. The van der Waals surface area contributed by atoms with Gasteiger partial charge >= 0.3 is 0 Å². The van der Waals surface area contributed by atoms with E-state index in [4.69, 9.17) is 21.3 Å². The number of rotatable bonds is 7. The van der Waals surface area contributed by atoms with Crippen molar-refractivity contribution in [2.24, 2.45) is 16.8 Å². The summed E-state index contributed by atoms with van der Waals surface area (Å²) in [6.07, 6.45) is 4.66. The van der Waals surface area contributed by atoms with Gasteiger partial charge in [0.25, 0.3) is 6.02 Å². The molecule has 5 heteroatoms. The Morgan fingerprint density at radius 1 is 1.08 bits per heavy atom. The van der Waals surface area contributed by atoms with Crippen LogP contribution in [0.2, 0.25) is 5.02 Å². The Kier molecular flexibility index (Phi) is 12.6. The number of benzene rings is 2. The smallest absolute Gasteiger partial charge is 0.289 e. The molecule has 0 amide bonds. The van der Waals surface area contributed by atoms with Crippen molar-refractivity contribution in [3.63, 3.8) is 0 Å². The van der Waals surface area contributed by atoms with E-state index in [1.54, 1.807) is 0 Å². The molecule has 2 heterocycles. The van der Waals surface area contributed by atoms with Crippen LogP contribution in [0.3, 0.4) is 0 Å². The minimum absolute atomic E-state index is 0.112. The first-order valence-corrected chi connectivity index (χ1v) is 14.5. The van der Waals surface area contributed by atoms with Crippen molar-refractivity contribution in [3.05, 3.63) is 52.7 Å². The lowest BCUT2D eigenvalue weighted by Gasteiger charge is -2.39. The summed E-state index contributed by atoms with van der Waals surface area (Å²) >= 11 is 6.62. The molecular formula is C31H48ClN3O. The zero-order valence-electron chi connectivity index (χ0n) is 23.8. The van der Waals surface area contributed by atoms with E-state index in [9.17, 15) is 0 Å². The van der Waals surface area contributed by atoms with E-state index < -0.39 is 0 Å². The Labute approximate surface area is 225 Å². The molecule has 200 valence electrons. The summed E-state index contributed by atoms with van der Waals surface area (Å²) in [5.41, 5.74) is 3.91. The van der Waals surface area contributed by atoms with E-state index in [0.717, 1.165) is 29.9 Å². The van der Waals surface area contributed by atoms with Gasteiger partial charge < -0.3 is 15.0 Å². The molecule has 4 rings (SSSR count). The first kappa shape index (κ1) is 30.0. The zero-order valence-corrected chi connectivity index (χ0v) is 24.6. The van der Waals surface area contributed by atoms with Gasteiger partial charge in [-0.25, -0.2) is 4.99 Å². The average molecular weight is 514 g/mol. The van der Waals surface area contributed by atoms with E-state index in [1.807, 2.05) is 39.8 Å². The number of piperidine rings is 1. The van der Waals surface area contributed by atoms with Gasteiger partial charge in [0.05, 0.1) is 17.7 Å². The minimum Gasteiger partial charge on any atom is -0.465 e. The summed E-state index contributed by atoms with van der Waals surface area (Å²) in [6, 6.07) is 13.4. The molecule has 2 aromatic carbocycles. The molecule has 36 heavy (non-hydrogen) atoms. The Balaban J connectivity index is 0.00000109. The molecule has 2 aromatic rings. The van der Waals surface area contributed by atoms with Crippen LogP contribution in [-0.2, 0) is 4.74 Å². The van der Waals surface area contributed by atoms with Crippen molar-refractivity contribution < 1.29 is 4.74 Å². The van der Waals surface area contributed by atoms with E-state index in [-0.39, 0.29) is 6.04 Å². The highest BCUT2D eigenvalue weighted by Crippen LogP contribution is 2.37. The molecule has 2 aliphatic rings. The second kappa shape index (κ2) is 15.1. The average Bonchev–Trinajstić information content (AvgIpc) is 2.92. The quantitative estimate of drug-likeness (QED) is 0.401. The molecule has 1 saturated heterocycles. The number of allylic oxidation sites excluding steroid dienone is 1. The van der Waals surface area contributed by atoms with Gasteiger partial charge in [-0.05, 0) is 47.8 Å². The minimum atomic E-state index is 0.112. The van der Waals surface area contributed by atoms with Gasteiger partial charge in [-0.2, -0.15) is 0 Å². The highest BCUT2D eigenvalue weighted by Gasteiger charge is 2.32. The number of aliphatic imine (C=N–C) groups is 1. The van der Waals surface area contributed by atoms with E-state index >= 15 is 0 Å². The van der Waals surface area contributed by atoms with Crippen molar-refractivity contribution in [1.82, 2.24) is 5.32 Å². The monoisotopic (exact) mass is 513 g/mol. The third kappa shape index (κ3) is 7.41. The molecule has 0 bridgehead atoms. The van der Waals surface area contributed by atoms with Gasteiger partial charge in [-0.3, -0.25) is 0 Å². The number of hydrogen-bond acceptors (Lipinski definition) is 4. The summed E-state index contributed by atoms with van der Waals surface area (Å²) in [5, 5.41) is 6.64. The number of hydrogen-bond donors (Lipinski definition) is 1. The van der Waals surface area contributed by atoms with Crippen LogP contribution in [0.4, 0.5) is 5.69 Å². The SMILES string of the molecule is CC.CC.CCCCC(C)COC1=NC2CN(c3cccc4cccc(Cl)c34)CCC2=C(C(C)C)N1. The maximum atomic E-state index is 6.62. The zero-order chi connectivity index (χ0) is 26.7. The second-order valence-electron chi connectivity index (χ2n) is 9.54. The molecule has 0 aromatic heterocycles. The molecular weight excluding hydrogens is 466 g/mol. The summed E-state index contributed by atoms with van der Waals surface area (Å²) < 4.78 is 6.17. The molecule has 0 radical (unpaired) electrons. The fourth-order valence-corrected chi connectivity index (χ4v) is 5.12. The van der Waals surface area contributed by atoms with E-state index in [2.05, 4.69) is 62.2 Å². The van der Waals surface area contributed by atoms with Crippen molar-refractivity contribution in [3.8, 4) is 0 Å². The normalized spacial score (nSPS) is 17.8. The molecule has 2 unspecified atom stereocenters. The van der Waals surface area contributed by atoms with Gasteiger partial charge in [0.15, 0.2) is 0 Å². The molecule has 0 aliphatic carbocycles. The van der Waals surface area contributed by atoms with Gasteiger partial charge in [-0.15, -0.1) is 0 Å². The Morgan fingerprint density at radius 3 is 2.44 bits per heavy atom. The molecule has 2 atom stereocenters. The fourth-order valence-electron chi connectivity index (χ4n) is 4.84. The molecule has 0 spiro atoms. The van der Waals surface area contributed by atoms with Crippen molar-refractivity contribution in [2.75, 3.05) is 24.6 Å². The summed E-state index contributed by atoms with van der Waals surface area (Å²) in [5.74, 6) is 0.950. The second-order valence-corrected chi connectivity index (χ2v) is 9.95. The first-order chi connectivity index (χ1) is 17.5. The van der Waals surface area contributed by atoms with Gasteiger partial charge in [0.1, 0.15) is 0 Å². The molecule has 2 aliphatic heterocycles. The van der Waals surface area contributed by atoms with Crippen LogP contribution in [0, 0.1) is 11.8 Å². The third-order valence-corrected chi connectivity index (χ3v) is 6.93. The lowest BCUT2D eigenvalue weighted by Crippen LogP contribution is -2.46. The number of amidine groups is 1. The fraction of sp³-hybridized carbons (Fsp3) is 0.581. The lowest BCUT2D eigenvalue weighted by atomic mass is 9.91. The molecule has 0 saturated carbocycles. The first-order valence-electron chi connectivity index (χ1n) is 14.1. The number of anilines is 1. The lowest BCUT2D eigenvalue weighted by molar-refractivity contribution is 0.225. The number of unbranched alkanes of at least 4 members (excludes halogenated alkanes) is 1. The predicted molar refractivity (Wildman–Crippen MR) is 159 cm³/mol. The Bertz CT molecular complexity index is 1010. The number of nitrogens with zero attached hydrogens (tertiary/aromatic N) is 2. The van der Waals surface area contributed by atoms with Crippen LogP contribution in [0.1, 0.15) is 81.1 Å². The highest BCUT2D eigenvalue weighted by atomic mass is 35.5. The maximum absolute atomic E-state index is 6.62. The maximum Gasteiger partial charge on any atom is 0.289 e. The number of fused-ring (bicyclic) bond motifs is 2. The van der Waals surface area contributed by atoms with E-state index in [0.29, 0.717) is 24.5 Å². The van der Waals surface area contributed by atoms with Gasteiger partial charge in [-0.1, -0.05) is 104 Å². The van der Waals surface area contributed by atoms with Crippen LogP contribution in [0.15, 0.2) is 52.7 Å². The number of ether oxygens (including phenoxy) is 1. The standard InChI is InChI=1S/C27H36ClN3O.2C2H6/c1-5-6-9-19(4)17-32-27-29-23-16-31(15-14-21(23)26(30-27)18(2)3)24-13-8-11-20-10-7-12-22(28)25(20)24;2*1-2/h7-8,10-13,18-19,23H,5-6,9,14-17H2,1-4H3,(H,29,30);2*1-2H3. The van der Waals surface area contributed by atoms with Crippen LogP contribution >= 0.6 is 11.6 Å². The van der Waals surface area contributed by atoms with Gasteiger partial charge in [0, 0.05) is 29.9 Å². The van der Waals surface area contributed by atoms with Gasteiger partial charge in [0.2, 0.25) is 0 Å². The van der Waals surface area contributed by atoms with Crippen LogP contribution < -0.4 is 10.2 Å². The third-order valence-electron chi connectivity index (χ3n) is 6.61. The number of nitrogens with one attached hydrogen (secondary N) is 1. The number of halogens is 1.